The van der Waals surface area contributed by atoms with Crippen molar-refractivity contribution in [2.24, 2.45) is 0 Å². The van der Waals surface area contributed by atoms with Gasteiger partial charge in [-0.1, -0.05) is 0 Å². The summed E-state index contributed by atoms with van der Waals surface area (Å²) in [7, 11) is 0. The number of rotatable bonds is 4. The number of allylic oxidation sites excluding steroid dienone is 8. The Labute approximate surface area is 145 Å². The zero-order valence-corrected chi connectivity index (χ0v) is 18.3. The van der Waals surface area contributed by atoms with Crippen LogP contribution in [0.3, 0.4) is 0 Å². The van der Waals surface area contributed by atoms with Crippen LogP contribution in [0.2, 0.25) is 0 Å². The molecule has 19 heavy (non-hydrogen) atoms. The van der Waals surface area contributed by atoms with Crippen LogP contribution in [0, 0.1) is 0 Å². The number of hydrogen-bond acceptors (Lipinski definition) is 1. The summed E-state index contributed by atoms with van der Waals surface area (Å²) < 4.78 is 5.91. The molecule has 3 heteroatoms. The molecule has 2 rings (SSSR count). The molecule has 0 N–H and O–H groups in total. The van der Waals surface area contributed by atoms with E-state index in [2.05, 4.69) is 67.0 Å². The summed E-state index contributed by atoms with van der Waals surface area (Å²) >= 11 is 0.941. The number of nitrogens with zero attached hydrogens (tertiary/aromatic N) is 1. The predicted molar refractivity (Wildman–Crippen MR) is 81.5 cm³/mol. The van der Waals surface area contributed by atoms with Crippen molar-refractivity contribution in [3.8, 4) is 0 Å². The van der Waals surface area contributed by atoms with E-state index in [1.165, 1.54) is 37.5 Å². The maximum atomic E-state index is 2.46. The molecule has 0 saturated carbocycles. The summed E-state index contributed by atoms with van der Waals surface area (Å²) in [4.78, 5) is 0. The second-order valence-corrected chi connectivity index (χ2v) is 10.9. The van der Waals surface area contributed by atoms with Crippen LogP contribution in [0.4, 0.5) is 0 Å². The van der Waals surface area contributed by atoms with Gasteiger partial charge in [-0.15, -0.1) is 0 Å². The first kappa shape index (κ1) is 17.7. The molecule has 0 heterocycles. The van der Waals surface area contributed by atoms with Crippen LogP contribution in [0.15, 0.2) is 43.0 Å². The van der Waals surface area contributed by atoms with Crippen LogP contribution < -0.4 is 0 Å². The van der Waals surface area contributed by atoms with Crippen LogP contribution in [0.1, 0.15) is 40.5 Å². The molecule has 2 aliphatic carbocycles. The average Bonchev–Trinajstić information content (AvgIpc) is 3.02. The van der Waals surface area contributed by atoms with Gasteiger partial charge < -0.3 is 0 Å². The quantitative estimate of drug-likeness (QED) is 0.645. The minimum absolute atomic E-state index is 0.312. The Hall–Kier alpha value is 0.673. The van der Waals surface area contributed by atoms with Gasteiger partial charge in [-0.25, -0.2) is 0 Å². The van der Waals surface area contributed by atoms with E-state index in [-0.39, 0.29) is 23.2 Å². The van der Waals surface area contributed by atoms with Crippen LogP contribution in [-0.2, 0) is 23.2 Å². The van der Waals surface area contributed by atoms with E-state index in [0.717, 1.165) is 12.1 Å². The van der Waals surface area contributed by atoms with Gasteiger partial charge in [-0.05, 0) is 0 Å². The summed E-state index contributed by atoms with van der Waals surface area (Å²) in [5.74, 6) is 0. The fourth-order valence-electron chi connectivity index (χ4n) is 1.88. The summed E-state index contributed by atoms with van der Waals surface area (Å²) in [6.07, 6.45) is 16.0. The molecule has 0 aliphatic heterocycles. The molecule has 100 valence electrons. The van der Waals surface area contributed by atoms with Crippen molar-refractivity contribution >= 4 is 24.7 Å². The molecule has 0 amide bonds. The molecule has 0 atom stereocenters. The fourth-order valence-corrected chi connectivity index (χ4v) is 4.86. The molecule has 0 bridgehead atoms. The van der Waals surface area contributed by atoms with Crippen molar-refractivity contribution in [3.05, 3.63) is 43.0 Å². The van der Waals surface area contributed by atoms with E-state index in [9.17, 15) is 0 Å². The van der Waals surface area contributed by atoms with Gasteiger partial charge in [0.05, 0.1) is 0 Å². The van der Waals surface area contributed by atoms with Crippen molar-refractivity contribution < 1.29 is 23.2 Å². The van der Waals surface area contributed by atoms with Gasteiger partial charge in [-0.3, -0.25) is 0 Å². The van der Waals surface area contributed by atoms with Crippen LogP contribution in [-0.4, -0.2) is 39.6 Å². The van der Waals surface area contributed by atoms with Crippen molar-refractivity contribution in [2.45, 2.75) is 52.6 Å². The second kappa shape index (κ2) is 9.58. The SMILES string of the molecule is C1=CC[C]([Zr][C]2=CC=CC2)=C1.CC(C)[N]([In])C(C)C. The standard InChI is InChI=1S/C6H14N.2C5H5.In.Zr/c1-5(2)7-6(3)4;2*1-2-4-5-3-1;;/h5-6H,1-4H3;2*1-3H,4H2;;/q-1;;;+1;. The first-order chi connectivity index (χ1) is 9.00. The molecule has 0 aromatic rings. The van der Waals surface area contributed by atoms with Crippen molar-refractivity contribution in [1.82, 2.24) is 2.89 Å². The van der Waals surface area contributed by atoms with Crippen LogP contribution in [0.25, 0.3) is 0 Å². The Morgan fingerprint density at radius 1 is 0.947 bits per heavy atom. The topological polar surface area (TPSA) is 3.24 Å². The van der Waals surface area contributed by atoms with Crippen molar-refractivity contribution in [1.29, 1.82) is 0 Å². The third-order valence-electron chi connectivity index (χ3n) is 3.06. The molecule has 0 aromatic carbocycles. The first-order valence-electron chi connectivity index (χ1n) is 7.02. The molecule has 0 saturated heterocycles. The molecule has 2 radical (unpaired) electrons. The molecule has 1 nitrogen and oxygen atoms in total. The Morgan fingerprint density at radius 3 is 1.58 bits per heavy atom. The summed E-state index contributed by atoms with van der Waals surface area (Å²) in [6, 6.07) is 1.47. The average molecular weight is 436 g/mol. The van der Waals surface area contributed by atoms with Gasteiger partial charge in [0.15, 0.2) is 0 Å². The van der Waals surface area contributed by atoms with E-state index >= 15 is 0 Å². The van der Waals surface area contributed by atoms with Crippen molar-refractivity contribution in [2.75, 3.05) is 0 Å². The second-order valence-electron chi connectivity index (χ2n) is 5.41. The Balaban J connectivity index is 0.000000203. The van der Waals surface area contributed by atoms with Gasteiger partial charge in [0.1, 0.15) is 0 Å². The van der Waals surface area contributed by atoms with Gasteiger partial charge >= 0.3 is 146 Å². The monoisotopic (exact) mass is 435 g/mol. The normalized spacial score (nSPS) is 16.8. The van der Waals surface area contributed by atoms with Gasteiger partial charge in [0.2, 0.25) is 0 Å². The van der Waals surface area contributed by atoms with E-state index in [4.69, 9.17) is 0 Å². The van der Waals surface area contributed by atoms with E-state index in [1.54, 1.807) is 6.56 Å². The van der Waals surface area contributed by atoms with Crippen LogP contribution >= 0.6 is 0 Å². The zero-order valence-electron chi connectivity index (χ0n) is 12.6. The maximum absolute atomic E-state index is 2.46. The molecule has 0 unspecified atom stereocenters. The molecular weight excluding hydrogens is 412 g/mol. The third-order valence-corrected chi connectivity index (χ3v) is 9.86. The molecular formula is C16H24InNZr. The van der Waals surface area contributed by atoms with E-state index in [0.29, 0.717) is 0 Å². The number of hydrogen-bond donors (Lipinski definition) is 0. The molecule has 2 aliphatic rings. The predicted octanol–water partition coefficient (Wildman–Crippen LogP) is 3.95. The van der Waals surface area contributed by atoms with Crippen molar-refractivity contribution in [3.63, 3.8) is 0 Å². The molecule has 0 fully saturated rings. The van der Waals surface area contributed by atoms with Crippen LogP contribution in [0.5, 0.6) is 0 Å². The fraction of sp³-hybridized carbons (Fsp3) is 0.500. The zero-order chi connectivity index (χ0) is 14.3. The summed E-state index contributed by atoms with van der Waals surface area (Å²) in [6.45, 7) is 8.96. The summed E-state index contributed by atoms with van der Waals surface area (Å²) in [5, 5.41) is 0. The van der Waals surface area contributed by atoms with Gasteiger partial charge in [0.25, 0.3) is 0 Å². The van der Waals surface area contributed by atoms with E-state index < -0.39 is 0 Å². The first-order valence-corrected chi connectivity index (χ1v) is 11.0. The third kappa shape index (κ3) is 7.30. The molecule has 0 spiro atoms. The summed E-state index contributed by atoms with van der Waals surface area (Å²) in [5.41, 5.74) is 0. The Morgan fingerprint density at radius 2 is 1.37 bits per heavy atom. The minimum atomic E-state index is -0.312. The van der Waals surface area contributed by atoms with Gasteiger partial charge in [0, 0.05) is 0 Å². The molecule has 0 aromatic heterocycles. The Bertz CT molecular complexity index is 356. The Kier molecular flexibility index (Phi) is 8.94. The van der Waals surface area contributed by atoms with Gasteiger partial charge in [-0.2, -0.15) is 0 Å². The van der Waals surface area contributed by atoms with E-state index in [1.807, 2.05) is 0 Å².